The molecule has 2 fully saturated rings. The molecule has 2 aliphatic carbocycles. The second-order valence-electron chi connectivity index (χ2n) is 8.34. The van der Waals surface area contributed by atoms with E-state index < -0.39 is 0 Å². The van der Waals surface area contributed by atoms with E-state index in [0.717, 1.165) is 34.1 Å². The highest BCUT2D eigenvalue weighted by Gasteiger charge is 2.59. The molecule has 1 aliphatic heterocycles. The molecule has 7 heteroatoms. The van der Waals surface area contributed by atoms with Crippen LogP contribution in [0, 0.1) is 48.9 Å². The highest BCUT2D eigenvalue weighted by atomic mass is 16.5. The van der Waals surface area contributed by atoms with Crippen LogP contribution >= 0.6 is 0 Å². The number of hydrogen-bond acceptors (Lipinski definition) is 5. The lowest BCUT2D eigenvalue weighted by Crippen LogP contribution is -2.28. The first-order chi connectivity index (χ1) is 15.0. The summed E-state index contributed by atoms with van der Waals surface area (Å²) >= 11 is 0. The Hall–Kier alpha value is -3.66. The van der Waals surface area contributed by atoms with Gasteiger partial charge in [0.25, 0.3) is 11.8 Å². The van der Waals surface area contributed by atoms with E-state index in [9.17, 15) is 9.59 Å². The zero-order valence-corrected chi connectivity index (χ0v) is 17.4. The van der Waals surface area contributed by atoms with E-state index in [4.69, 9.17) is 10.00 Å². The number of hydrogen-bond donors (Lipinski definition) is 0. The number of fused-ring (bicyclic) bond motifs is 5. The standard InChI is InChI=1S/C24H22N4O3/c1-14-11-18(15(2)27(14)19-5-7-20(8-6-19)31-10-9-25)13-26-28-23(29)21-16-3-4-17(12-16)22(21)24(28)30/h3-8,11,13,16-17,21-22H,10,12H2,1-2H3. The van der Waals surface area contributed by atoms with Crippen LogP contribution in [-0.2, 0) is 9.59 Å². The Morgan fingerprint density at radius 3 is 2.39 bits per heavy atom. The molecule has 2 aromatic rings. The molecule has 2 amide bonds. The molecule has 3 aliphatic rings. The van der Waals surface area contributed by atoms with E-state index in [2.05, 4.69) is 21.8 Å². The zero-order valence-electron chi connectivity index (χ0n) is 17.4. The Bertz CT molecular complexity index is 1140. The number of aryl methyl sites for hydroxylation is 1. The van der Waals surface area contributed by atoms with Crippen LogP contribution < -0.4 is 4.74 Å². The van der Waals surface area contributed by atoms with Crippen molar-refractivity contribution in [3.8, 4) is 17.5 Å². The van der Waals surface area contributed by atoms with Crippen LogP contribution in [0.4, 0.5) is 0 Å². The largest absolute Gasteiger partial charge is 0.479 e. The molecule has 31 heavy (non-hydrogen) atoms. The number of nitriles is 1. The molecule has 4 unspecified atom stereocenters. The number of carbonyl (C=O) groups is 2. The van der Waals surface area contributed by atoms with E-state index in [1.807, 2.05) is 50.2 Å². The molecule has 156 valence electrons. The predicted octanol–water partition coefficient (Wildman–Crippen LogP) is 3.14. The van der Waals surface area contributed by atoms with Gasteiger partial charge in [-0.1, -0.05) is 12.2 Å². The first kappa shape index (κ1) is 19.3. The van der Waals surface area contributed by atoms with Crippen LogP contribution in [-0.4, -0.2) is 34.2 Å². The zero-order chi connectivity index (χ0) is 21.7. The van der Waals surface area contributed by atoms with Crippen molar-refractivity contribution < 1.29 is 14.3 Å². The molecule has 1 aromatic heterocycles. The van der Waals surface area contributed by atoms with Crippen LogP contribution in [0.3, 0.4) is 0 Å². The Morgan fingerprint density at radius 2 is 1.77 bits per heavy atom. The summed E-state index contributed by atoms with van der Waals surface area (Å²) in [4.78, 5) is 25.6. The fourth-order valence-corrected chi connectivity index (χ4v) is 5.24. The number of nitrogens with zero attached hydrogens (tertiary/aromatic N) is 4. The Kier molecular flexibility index (Phi) is 4.51. The van der Waals surface area contributed by atoms with Gasteiger partial charge in [0.2, 0.25) is 0 Å². The molecule has 0 spiro atoms. The minimum atomic E-state index is -0.242. The Balaban J connectivity index is 1.38. The van der Waals surface area contributed by atoms with Crippen LogP contribution in [0.25, 0.3) is 5.69 Å². The molecule has 4 atom stereocenters. The number of allylic oxidation sites excluding steroid dienone is 2. The van der Waals surface area contributed by atoms with E-state index >= 15 is 0 Å². The van der Waals surface area contributed by atoms with Crippen molar-refractivity contribution in [3.05, 3.63) is 59.4 Å². The number of hydrazone groups is 1. The summed E-state index contributed by atoms with van der Waals surface area (Å²) in [5, 5.41) is 14.0. The van der Waals surface area contributed by atoms with Gasteiger partial charge in [-0.3, -0.25) is 9.59 Å². The number of rotatable bonds is 5. The fraction of sp³-hybridized carbons (Fsp3) is 0.333. The molecule has 0 radical (unpaired) electrons. The SMILES string of the molecule is Cc1cc(C=NN2C(=O)C3C4C=CC(C4)C3C2=O)c(C)n1-c1ccc(OCC#N)cc1. The number of carbonyl (C=O) groups excluding carboxylic acids is 2. The second-order valence-corrected chi connectivity index (χ2v) is 8.34. The molecule has 5 rings (SSSR count). The Morgan fingerprint density at radius 1 is 1.13 bits per heavy atom. The Labute approximate surface area is 180 Å². The fourth-order valence-electron chi connectivity index (χ4n) is 5.24. The molecule has 2 heterocycles. The van der Waals surface area contributed by atoms with Crippen molar-refractivity contribution in [1.29, 1.82) is 5.26 Å². The van der Waals surface area contributed by atoms with Crippen molar-refractivity contribution >= 4 is 18.0 Å². The van der Waals surface area contributed by atoms with Gasteiger partial charge < -0.3 is 9.30 Å². The molecule has 1 saturated heterocycles. The van der Waals surface area contributed by atoms with Crippen molar-refractivity contribution in [3.63, 3.8) is 0 Å². The molecule has 1 aromatic carbocycles. The van der Waals surface area contributed by atoms with Crippen LogP contribution in [0.15, 0.2) is 47.6 Å². The third kappa shape index (κ3) is 2.98. The van der Waals surface area contributed by atoms with Crippen molar-refractivity contribution in [2.24, 2.45) is 28.8 Å². The lowest BCUT2D eigenvalue weighted by atomic mass is 9.85. The number of ether oxygens (including phenoxy) is 1. The highest BCUT2D eigenvalue weighted by molar-refractivity contribution is 6.06. The summed E-state index contributed by atoms with van der Waals surface area (Å²) in [5.41, 5.74) is 3.75. The van der Waals surface area contributed by atoms with Crippen LogP contribution in [0.1, 0.15) is 23.4 Å². The van der Waals surface area contributed by atoms with E-state index in [1.54, 1.807) is 6.21 Å². The lowest BCUT2D eigenvalue weighted by molar-refractivity contribution is -0.140. The van der Waals surface area contributed by atoms with Crippen LogP contribution in [0.5, 0.6) is 5.75 Å². The first-order valence-corrected chi connectivity index (χ1v) is 10.4. The predicted molar refractivity (Wildman–Crippen MR) is 114 cm³/mol. The van der Waals surface area contributed by atoms with Gasteiger partial charge in [-0.25, -0.2) is 0 Å². The van der Waals surface area contributed by atoms with Gasteiger partial charge in [0, 0.05) is 22.6 Å². The van der Waals surface area contributed by atoms with Crippen molar-refractivity contribution in [1.82, 2.24) is 9.58 Å². The summed E-state index contributed by atoms with van der Waals surface area (Å²) < 4.78 is 7.38. The summed E-state index contributed by atoms with van der Waals surface area (Å²) in [6.07, 6.45) is 6.67. The third-order valence-electron chi connectivity index (χ3n) is 6.63. The summed E-state index contributed by atoms with van der Waals surface area (Å²) in [6, 6.07) is 11.4. The second kappa shape index (κ2) is 7.24. The summed E-state index contributed by atoms with van der Waals surface area (Å²) in [6.45, 7) is 3.97. The van der Waals surface area contributed by atoms with Crippen molar-refractivity contribution in [2.75, 3.05) is 6.61 Å². The van der Waals surface area contributed by atoms with Crippen LogP contribution in [0.2, 0.25) is 0 Å². The first-order valence-electron chi connectivity index (χ1n) is 10.4. The average Bonchev–Trinajstić information content (AvgIpc) is 3.50. The van der Waals surface area contributed by atoms with Gasteiger partial charge in [0.1, 0.15) is 11.8 Å². The normalized spacial score (nSPS) is 26.2. The number of imide groups is 1. The maximum absolute atomic E-state index is 12.8. The minimum Gasteiger partial charge on any atom is -0.479 e. The topological polar surface area (TPSA) is 87.7 Å². The summed E-state index contributed by atoms with van der Waals surface area (Å²) in [5.74, 6) is 0.153. The minimum absolute atomic E-state index is 0.00868. The number of aromatic nitrogens is 1. The van der Waals surface area contributed by atoms with Gasteiger partial charge in [-0.05, 0) is 62.4 Å². The molecular formula is C24H22N4O3. The van der Waals surface area contributed by atoms with E-state index in [0.29, 0.717) is 5.75 Å². The number of amides is 2. The monoisotopic (exact) mass is 414 g/mol. The maximum atomic E-state index is 12.8. The molecule has 7 nitrogen and oxygen atoms in total. The number of benzene rings is 1. The van der Waals surface area contributed by atoms with Gasteiger partial charge in [-0.15, -0.1) is 0 Å². The van der Waals surface area contributed by atoms with E-state index in [1.165, 1.54) is 0 Å². The molecule has 1 saturated carbocycles. The smallest absolute Gasteiger partial charge is 0.254 e. The average molecular weight is 414 g/mol. The lowest BCUT2D eigenvalue weighted by Gasteiger charge is -2.13. The maximum Gasteiger partial charge on any atom is 0.254 e. The van der Waals surface area contributed by atoms with Gasteiger partial charge in [0.15, 0.2) is 6.61 Å². The summed E-state index contributed by atoms with van der Waals surface area (Å²) in [7, 11) is 0. The van der Waals surface area contributed by atoms with E-state index in [-0.39, 0.29) is 42.1 Å². The molecule has 0 N–H and O–H groups in total. The quantitative estimate of drug-likeness (QED) is 0.427. The van der Waals surface area contributed by atoms with Crippen molar-refractivity contribution in [2.45, 2.75) is 20.3 Å². The van der Waals surface area contributed by atoms with Gasteiger partial charge in [-0.2, -0.15) is 15.4 Å². The highest BCUT2D eigenvalue weighted by Crippen LogP contribution is 2.52. The third-order valence-corrected chi connectivity index (χ3v) is 6.63. The molecular weight excluding hydrogens is 392 g/mol. The molecule has 2 bridgehead atoms. The van der Waals surface area contributed by atoms with Gasteiger partial charge >= 0.3 is 0 Å². The van der Waals surface area contributed by atoms with Gasteiger partial charge in [0.05, 0.1) is 18.1 Å².